The molecule has 0 radical (unpaired) electrons. The lowest BCUT2D eigenvalue weighted by Gasteiger charge is -2.01. The van der Waals surface area contributed by atoms with Gasteiger partial charge in [-0.3, -0.25) is 10.1 Å². The van der Waals surface area contributed by atoms with Gasteiger partial charge in [0.1, 0.15) is 0 Å². The minimum atomic E-state index is -0.667. The van der Waals surface area contributed by atoms with Gasteiger partial charge in [0, 0.05) is 12.1 Å². The van der Waals surface area contributed by atoms with Crippen molar-refractivity contribution >= 4 is 17.4 Å². The van der Waals surface area contributed by atoms with Gasteiger partial charge in [-0.2, -0.15) is 0 Å². The van der Waals surface area contributed by atoms with Gasteiger partial charge in [-0.25, -0.2) is 4.79 Å². The van der Waals surface area contributed by atoms with E-state index in [0.717, 1.165) is 5.56 Å². The molecule has 2 aromatic rings. The molecule has 2 aromatic carbocycles. The standard InChI is InChI=1S/C15H12N2O4/c1-11(12-5-3-2-4-6-12)16-21-15(18)13-7-9-14(10-8-13)17(19)20/h2-10H,1H3/b16-11+. The molecule has 0 saturated heterocycles. The monoisotopic (exact) mass is 284 g/mol. The number of carbonyl (C=O) groups is 1. The summed E-state index contributed by atoms with van der Waals surface area (Å²) >= 11 is 0. The van der Waals surface area contributed by atoms with Crippen LogP contribution in [0.1, 0.15) is 22.8 Å². The van der Waals surface area contributed by atoms with E-state index in [1.54, 1.807) is 6.92 Å². The number of hydrogen-bond donors (Lipinski definition) is 0. The van der Waals surface area contributed by atoms with E-state index in [9.17, 15) is 14.9 Å². The highest BCUT2D eigenvalue weighted by Crippen LogP contribution is 2.13. The highest BCUT2D eigenvalue weighted by atomic mass is 16.7. The molecule has 0 aromatic heterocycles. The van der Waals surface area contributed by atoms with Crippen LogP contribution in [-0.4, -0.2) is 16.6 Å². The van der Waals surface area contributed by atoms with Crippen molar-refractivity contribution < 1.29 is 14.6 Å². The lowest BCUT2D eigenvalue weighted by atomic mass is 10.1. The maximum absolute atomic E-state index is 11.8. The average molecular weight is 284 g/mol. The van der Waals surface area contributed by atoms with E-state index in [1.165, 1.54) is 24.3 Å². The van der Waals surface area contributed by atoms with Crippen molar-refractivity contribution in [3.8, 4) is 0 Å². The molecule has 0 heterocycles. The van der Waals surface area contributed by atoms with Crippen molar-refractivity contribution in [1.29, 1.82) is 0 Å². The van der Waals surface area contributed by atoms with Crippen LogP contribution in [0.15, 0.2) is 59.8 Å². The number of rotatable bonds is 4. The van der Waals surface area contributed by atoms with E-state index >= 15 is 0 Å². The summed E-state index contributed by atoms with van der Waals surface area (Å²) in [5.41, 5.74) is 1.51. The first-order valence-electron chi connectivity index (χ1n) is 6.14. The van der Waals surface area contributed by atoms with Crippen LogP contribution in [0.2, 0.25) is 0 Å². The summed E-state index contributed by atoms with van der Waals surface area (Å²) in [5, 5.41) is 14.3. The van der Waals surface area contributed by atoms with Gasteiger partial charge in [0.2, 0.25) is 0 Å². The van der Waals surface area contributed by atoms with E-state index in [0.29, 0.717) is 5.71 Å². The zero-order chi connectivity index (χ0) is 15.2. The summed E-state index contributed by atoms with van der Waals surface area (Å²) in [6.07, 6.45) is 0. The van der Waals surface area contributed by atoms with Crippen molar-refractivity contribution in [2.24, 2.45) is 5.16 Å². The molecule has 0 atom stereocenters. The SMILES string of the molecule is C/C(=N\OC(=O)c1ccc([N+](=O)[O-])cc1)c1ccccc1. The van der Waals surface area contributed by atoms with Gasteiger partial charge >= 0.3 is 5.97 Å². The van der Waals surface area contributed by atoms with Crippen LogP contribution in [0, 0.1) is 10.1 Å². The van der Waals surface area contributed by atoms with Crippen LogP contribution < -0.4 is 0 Å². The predicted octanol–water partition coefficient (Wildman–Crippen LogP) is 3.18. The van der Waals surface area contributed by atoms with E-state index < -0.39 is 10.9 Å². The number of benzene rings is 2. The van der Waals surface area contributed by atoms with E-state index in [2.05, 4.69) is 5.16 Å². The van der Waals surface area contributed by atoms with Crippen molar-refractivity contribution in [2.45, 2.75) is 6.92 Å². The fourth-order valence-electron chi connectivity index (χ4n) is 1.61. The Morgan fingerprint density at radius 3 is 2.24 bits per heavy atom. The third kappa shape index (κ3) is 3.73. The molecule has 0 spiro atoms. The van der Waals surface area contributed by atoms with Gasteiger partial charge in [0.25, 0.3) is 5.69 Å². The zero-order valence-electron chi connectivity index (χ0n) is 11.2. The topological polar surface area (TPSA) is 81.8 Å². The van der Waals surface area contributed by atoms with Crippen molar-refractivity contribution in [1.82, 2.24) is 0 Å². The first-order chi connectivity index (χ1) is 10.1. The predicted molar refractivity (Wildman–Crippen MR) is 77.2 cm³/mol. The van der Waals surface area contributed by atoms with Crippen LogP contribution in [-0.2, 0) is 4.84 Å². The van der Waals surface area contributed by atoms with Crippen LogP contribution >= 0.6 is 0 Å². The minimum Gasteiger partial charge on any atom is -0.313 e. The summed E-state index contributed by atoms with van der Waals surface area (Å²) in [7, 11) is 0. The second kappa shape index (κ2) is 6.42. The smallest absolute Gasteiger partial charge is 0.313 e. The number of nitrogens with zero attached hydrogens (tertiary/aromatic N) is 2. The molecule has 6 nitrogen and oxygen atoms in total. The first-order valence-corrected chi connectivity index (χ1v) is 6.14. The minimum absolute atomic E-state index is 0.0875. The Balaban J connectivity index is 2.06. The summed E-state index contributed by atoms with van der Waals surface area (Å²) in [5.74, 6) is -0.667. The average Bonchev–Trinajstić information content (AvgIpc) is 2.53. The molecular formula is C15H12N2O4. The second-order valence-corrected chi connectivity index (χ2v) is 4.23. The van der Waals surface area contributed by atoms with Crippen molar-refractivity contribution in [3.05, 3.63) is 75.8 Å². The van der Waals surface area contributed by atoms with Gasteiger partial charge in [-0.15, -0.1) is 0 Å². The van der Waals surface area contributed by atoms with Gasteiger partial charge < -0.3 is 4.84 Å². The van der Waals surface area contributed by atoms with E-state index in [4.69, 9.17) is 4.84 Å². The number of oxime groups is 1. The summed E-state index contributed by atoms with van der Waals surface area (Å²) in [4.78, 5) is 26.6. The van der Waals surface area contributed by atoms with Gasteiger partial charge in [0.05, 0.1) is 16.2 Å². The Hall–Kier alpha value is -3.02. The fraction of sp³-hybridized carbons (Fsp3) is 0.0667. The molecule has 0 amide bonds. The number of nitro groups is 1. The Morgan fingerprint density at radius 2 is 1.67 bits per heavy atom. The number of hydrogen-bond acceptors (Lipinski definition) is 5. The maximum atomic E-state index is 11.8. The lowest BCUT2D eigenvalue weighted by molar-refractivity contribution is -0.384. The Labute approximate surface area is 120 Å². The van der Waals surface area contributed by atoms with Crippen molar-refractivity contribution in [3.63, 3.8) is 0 Å². The summed E-state index contributed by atoms with van der Waals surface area (Å²) < 4.78 is 0. The lowest BCUT2D eigenvalue weighted by Crippen LogP contribution is -2.04. The van der Waals surface area contributed by atoms with Crippen LogP contribution in [0.4, 0.5) is 5.69 Å². The fourth-order valence-corrected chi connectivity index (χ4v) is 1.61. The Kier molecular flexibility index (Phi) is 4.40. The van der Waals surface area contributed by atoms with Gasteiger partial charge in [-0.1, -0.05) is 35.5 Å². The van der Waals surface area contributed by atoms with Crippen LogP contribution in [0.25, 0.3) is 0 Å². The van der Waals surface area contributed by atoms with Crippen molar-refractivity contribution in [2.75, 3.05) is 0 Å². The quantitative estimate of drug-likeness (QED) is 0.373. The zero-order valence-corrected chi connectivity index (χ0v) is 11.2. The molecule has 0 unspecified atom stereocenters. The van der Waals surface area contributed by atoms with Gasteiger partial charge in [0.15, 0.2) is 0 Å². The second-order valence-electron chi connectivity index (χ2n) is 4.23. The third-order valence-electron chi connectivity index (χ3n) is 2.77. The molecule has 0 aliphatic heterocycles. The van der Waals surface area contributed by atoms with Crippen LogP contribution in [0.3, 0.4) is 0 Å². The molecule has 0 saturated carbocycles. The Bertz CT molecular complexity index is 679. The molecule has 0 bridgehead atoms. The molecule has 0 N–H and O–H groups in total. The molecule has 21 heavy (non-hydrogen) atoms. The number of nitro benzene ring substituents is 1. The molecule has 6 heteroatoms. The largest absolute Gasteiger partial charge is 0.365 e. The van der Waals surface area contributed by atoms with Crippen LogP contribution in [0.5, 0.6) is 0 Å². The molecular weight excluding hydrogens is 272 g/mol. The summed E-state index contributed by atoms with van der Waals surface area (Å²) in [6.45, 7) is 1.72. The van der Waals surface area contributed by atoms with E-state index in [-0.39, 0.29) is 11.3 Å². The summed E-state index contributed by atoms with van der Waals surface area (Å²) in [6, 6.07) is 14.4. The van der Waals surface area contributed by atoms with Gasteiger partial charge in [-0.05, 0) is 24.6 Å². The molecule has 0 aliphatic rings. The third-order valence-corrected chi connectivity index (χ3v) is 2.77. The maximum Gasteiger partial charge on any atom is 0.365 e. The Morgan fingerprint density at radius 1 is 1.05 bits per heavy atom. The number of non-ortho nitro benzene ring substituents is 1. The molecule has 0 fully saturated rings. The highest BCUT2D eigenvalue weighted by Gasteiger charge is 2.10. The highest BCUT2D eigenvalue weighted by molar-refractivity contribution is 5.99. The molecule has 0 aliphatic carbocycles. The van der Waals surface area contributed by atoms with E-state index in [1.807, 2.05) is 30.3 Å². The normalized spacial score (nSPS) is 11.0. The first kappa shape index (κ1) is 14.4. The molecule has 2 rings (SSSR count). The number of carbonyl (C=O) groups excluding carboxylic acids is 1. The molecule has 106 valence electrons.